The van der Waals surface area contributed by atoms with Crippen molar-refractivity contribution < 1.29 is 28.1 Å². The Morgan fingerprint density at radius 1 is 0.878 bits per heavy atom. The molecule has 7 nitrogen and oxygen atoms in total. The molecule has 208 valence electrons. The van der Waals surface area contributed by atoms with E-state index in [0.29, 0.717) is 45.3 Å². The first-order chi connectivity index (χ1) is 19.9. The molecule has 0 saturated carbocycles. The minimum atomic E-state index is -0.625. The van der Waals surface area contributed by atoms with Gasteiger partial charge in [0.2, 0.25) is 0 Å². The van der Waals surface area contributed by atoms with Crippen molar-refractivity contribution in [2.45, 2.75) is 13.2 Å². The number of hydrogen-bond donors (Lipinski definition) is 1. The lowest BCUT2D eigenvalue weighted by Crippen LogP contribution is -2.13. The largest absolute Gasteiger partial charge is 0.493 e. The van der Waals surface area contributed by atoms with Crippen molar-refractivity contribution in [3.8, 4) is 29.1 Å². The van der Waals surface area contributed by atoms with Crippen molar-refractivity contribution in [2.24, 2.45) is 0 Å². The molecule has 0 unspecified atom stereocenters. The van der Waals surface area contributed by atoms with Gasteiger partial charge in [-0.15, -0.1) is 0 Å². The lowest BCUT2D eigenvalue weighted by molar-refractivity contribution is -0.112. The Bertz CT molecular complexity index is 1580. The van der Waals surface area contributed by atoms with Crippen LogP contribution in [-0.2, 0) is 18.0 Å². The number of carbonyl (C=O) groups is 1. The van der Waals surface area contributed by atoms with Crippen LogP contribution in [0.5, 0.6) is 23.0 Å². The molecule has 0 saturated heterocycles. The molecule has 0 aromatic heterocycles. The van der Waals surface area contributed by atoms with Crippen molar-refractivity contribution in [3.63, 3.8) is 0 Å². The summed E-state index contributed by atoms with van der Waals surface area (Å²) in [6.07, 6.45) is 1.43. The zero-order valence-electron chi connectivity index (χ0n) is 22.3. The smallest absolute Gasteiger partial charge is 0.266 e. The molecule has 4 aromatic carbocycles. The SMILES string of the molecule is COc1cc(COc2c(Br)cc(/C=C(\C#N)C(=O)Nc3ccc(F)cc3)cc2OC)ccc1OCc1ccccc1. The predicted molar refractivity (Wildman–Crippen MR) is 157 cm³/mol. The molecule has 1 N–H and O–H groups in total. The standard InChI is InChI=1S/C32H26BrFN2O5/c1-38-29-16-22(8-13-28(29)40-19-21-6-4-3-5-7-21)20-41-31-27(33)15-23(17-30(31)39-2)14-24(18-35)32(37)36-26-11-9-25(34)10-12-26/h3-17H,19-20H2,1-2H3,(H,36,37)/b24-14+. The second kappa shape index (κ2) is 14.0. The number of methoxy groups -OCH3 is 2. The second-order valence-corrected chi connectivity index (χ2v) is 9.57. The molecule has 0 spiro atoms. The fourth-order valence-electron chi connectivity index (χ4n) is 3.82. The van der Waals surface area contributed by atoms with E-state index in [4.69, 9.17) is 18.9 Å². The van der Waals surface area contributed by atoms with Gasteiger partial charge >= 0.3 is 0 Å². The van der Waals surface area contributed by atoms with Gasteiger partial charge in [0.05, 0.1) is 18.7 Å². The van der Waals surface area contributed by atoms with E-state index in [1.807, 2.05) is 54.6 Å². The lowest BCUT2D eigenvalue weighted by Gasteiger charge is -2.15. The number of carbonyl (C=O) groups excluding carboxylic acids is 1. The Morgan fingerprint density at radius 3 is 2.27 bits per heavy atom. The monoisotopic (exact) mass is 616 g/mol. The predicted octanol–water partition coefficient (Wildman–Crippen LogP) is 7.31. The second-order valence-electron chi connectivity index (χ2n) is 8.71. The molecule has 9 heteroatoms. The molecule has 0 aliphatic carbocycles. The number of hydrogen-bond acceptors (Lipinski definition) is 6. The van der Waals surface area contributed by atoms with E-state index in [2.05, 4.69) is 21.2 Å². The summed E-state index contributed by atoms with van der Waals surface area (Å²) in [5.41, 5.74) is 2.66. The molecule has 4 rings (SSSR count). The maximum absolute atomic E-state index is 13.1. The number of rotatable bonds is 11. The summed E-state index contributed by atoms with van der Waals surface area (Å²) in [4.78, 5) is 12.6. The molecule has 0 heterocycles. The van der Waals surface area contributed by atoms with Gasteiger partial charge in [-0.1, -0.05) is 36.4 Å². The summed E-state index contributed by atoms with van der Waals surface area (Å²) < 4.78 is 36.8. The van der Waals surface area contributed by atoms with E-state index >= 15 is 0 Å². The maximum Gasteiger partial charge on any atom is 0.266 e. The molecule has 0 aliphatic heterocycles. The van der Waals surface area contributed by atoms with Crippen molar-refractivity contribution in [2.75, 3.05) is 19.5 Å². The highest BCUT2D eigenvalue weighted by atomic mass is 79.9. The Hall–Kier alpha value is -4.81. The van der Waals surface area contributed by atoms with Crippen LogP contribution in [0.3, 0.4) is 0 Å². The summed E-state index contributed by atoms with van der Waals surface area (Å²) in [5, 5.41) is 12.1. The van der Waals surface area contributed by atoms with Crippen LogP contribution >= 0.6 is 15.9 Å². The number of benzene rings is 4. The summed E-state index contributed by atoms with van der Waals surface area (Å²) >= 11 is 3.51. The zero-order valence-corrected chi connectivity index (χ0v) is 23.9. The molecule has 0 bridgehead atoms. The molecular formula is C32H26BrFN2O5. The van der Waals surface area contributed by atoms with Crippen LogP contribution < -0.4 is 24.3 Å². The highest BCUT2D eigenvalue weighted by Gasteiger charge is 2.15. The van der Waals surface area contributed by atoms with Crippen LogP contribution in [0.1, 0.15) is 16.7 Å². The van der Waals surface area contributed by atoms with Crippen molar-refractivity contribution >= 4 is 33.6 Å². The number of nitrogens with zero attached hydrogens (tertiary/aromatic N) is 1. The Kier molecular flexibility index (Phi) is 9.97. The molecule has 1 amide bonds. The quantitative estimate of drug-likeness (QED) is 0.140. The highest BCUT2D eigenvalue weighted by molar-refractivity contribution is 9.10. The van der Waals surface area contributed by atoms with Gasteiger partial charge in [0.15, 0.2) is 23.0 Å². The number of amides is 1. The Labute approximate surface area is 245 Å². The van der Waals surface area contributed by atoms with E-state index in [9.17, 15) is 14.4 Å². The number of halogens is 2. The summed E-state index contributed by atoms with van der Waals surface area (Å²) in [6, 6.07) is 25.9. The van der Waals surface area contributed by atoms with Gasteiger partial charge in [0.1, 0.15) is 30.7 Å². The first-order valence-corrected chi connectivity index (χ1v) is 13.2. The van der Waals surface area contributed by atoms with E-state index < -0.39 is 11.7 Å². The van der Waals surface area contributed by atoms with Crippen LogP contribution in [0.2, 0.25) is 0 Å². The van der Waals surface area contributed by atoms with Crippen LogP contribution in [0.15, 0.2) is 95.0 Å². The fourth-order valence-corrected chi connectivity index (χ4v) is 4.40. The molecule has 0 aliphatic rings. The van der Waals surface area contributed by atoms with Crippen LogP contribution in [0.25, 0.3) is 6.08 Å². The maximum atomic E-state index is 13.1. The van der Waals surface area contributed by atoms with Crippen LogP contribution in [0, 0.1) is 17.1 Å². The number of nitriles is 1. The molecule has 0 radical (unpaired) electrons. The summed E-state index contributed by atoms with van der Waals surface area (Å²) in [6.45, 7) is 0.627. The first-order valence-electron chi connectivity index (χ1n) is 12.4. The Morgan fingerprint density at radius 2 is 1.59 bits per heavy atom. The Balaban J connectivity index is 1.46. The molecular weight excluding hydrogens is 591 g/mol. The first kappa shape index (κ1) is 29.2. The highest BCUT2D eigenvalue weighted by Crippen LogP contribution is 2.38. The fraction of sp³-hybridized carbons (Fsp3) is 0.125. The van der Waals surface area contributed by atoms with Crippen molar-refractivity contribution in [1.82, 2.24) is 0 Å². The number of nitrogens with one attached hydrogen (secondary N) is 1. The third-order valence-electron chi connectivity index (χ3n) is 5.88. The van der Waals surface area contributed by atoms with Gasteiger partial charge in [-0.2, -0.15) is 5.26 Å². The minimum Gasteiger partial charge on any atom is -0.493 e. The minimum absolute atomic E-state index is 0.140. The third-order valence-corrected chi connectivity index (χ3v) is 6.47. The average molecular weight is 617 g/mol. The van der Waals surface area contributed by atoms with E-state index in [1.165, 1.54) is 37.5 Å². The topological polar surface area (TPSA) is 89.8 Å². The van der Waals surface area contributed by atoms with Crippen LogP contribution in [0.4, 0.5) is 10.1 Å². The van der Waals surface area contributed by atoms with Crippen LogP contribution in [-0.4, -0.2) is 20.1 Å². The van der Waals surface area contributed by atoms with E-state index in [0.717, 1.165) is 11.1 Å². The summed E-state index contributed by atoms with van der Waals surface area (Å²) in [5.74, 6) is 0.990. The number of anilines is 1. The van der Waals surface area contributed by atoms with Gasteiger partial charge in [-0.3, -0.25) is 4.79 Å². The molecule has 4 aromatic rings. The lowest BCUT2D eigenvalue weighted by atomic mass is 10.1. The summed E-state index contributed by atoms with van der Waals surface area (Å²) in [7, 11) is 3.08. The average Bonchev–Trinajstić information content (AvgIpc) is 2.99. The van der Waals surface area contributed by atoms with Gasteiger partial charge < -0.3 is 24.3 Å². The van der Waals surface area contributed by atoms with Crippen molar-refractivity contribution in [3.05, 3.63) is 117 Å². The third kappa shape index (κ3) is 7.87. The van der Waals surface area contributed by atoms with E-state index in [1.54, 1.807) is 19.2 Å². The molecule has 0 fully saturated rings. The zero-order chi connectivity index (χ0) is 29.2. The molecule has 0 atom stereocenters. The molecule has 41 heavy (non-hydrogen) atoms. The van der Waals surface area contributed by atoms with E-state index in [-0.39, 0.29) is 12.2 Å². The number of ether oxygens (including phenoxy) is 4. The van der Waals surface area contributed by atoms with Gasteiger partial charge in [0.25, 0.3) is 5.91 Å². The van der Waals surface area contributed by atoms with Crippen molar-refractivity contribution in [1.29, 1.82) is 5.26 Å². The normalized spacial score (nSPS) is 10.9. The van der Waals surface area contributed by atoms with Gasteiger partial charge in [-0.05, 0) is 87.2 Å². The van der Waals surface area contributed by atoms with Gasteiger partial charge in [-0.25, -0.2) is 4.39 Å². The van der Waals surface area contributed by atoms with Gasteiger partial charge in [0, 0.05) is 5.69 Å².